The fourth-order valence-corrected chi connectivity index (χ4v) is 4.97. The van der Waals surface area contributed by atoms with Crippen LogP contribution in [0, 0.1) is 11.6 Å². The van der Waals surface area contributed by atoms with E-state index < -0.39 is 17.4 Å². The summed E-state index contributed by atoms with van der Waals surface area (Å²) in [7, 11) is 4.03. The molecule has 10 heteroatoms. The minimum atomic E-state index is -0.793. The number of halogens is 3. The first kappa shape index (κ1) is 23.0. The standard InChI is InChI=1S/C24H27ClF2N6O/c1-31(2)14-11-33(12-14)24-29-22-15(23(30-24)32-8-4-5-13(28)10-32)9-16(25)19(21(22)27)20-17(26)6-3-7-18(20)34/h3,6-7,9,13-14,34H,4-5,8,10-12,28H2,1-2H3. The number of anilines is 2. The molecule has 0 spiro atoms. The van der Waals surface area contributed by atoms with Crippen molar-refractivity contribution < 1.29 is 13.9 Å². The van der Waals surface area contributed by atoms with Crippen molar-refractivity contribution in [2.45, 2.75) is 24.9 Å². The Morgan fingerprint density at radius 1 is 1.12 bits per heavy atom. The first-order valence-electron chi connectivity index (χ1n) is 11.3. The van der Waals surface area contributed by atoms with Crippen molar-refractivity contribution >= 4 is 34.3 Å². The molecule has 0 radical (unpaired) electrons. The second-order valence-electron chi connectivity index (χ2n) is 9.30. The van der Waals surface area contributed by atoms with Gasteiger partial charge >= 0.3 is 0 Å². The summed E-state index contributed by atoms with van der Waals surface area (Å²) in [5.74, 6) is -0.988. The predicted molar refractivity (Wildman–Crippen MR) is 131 cm³/mol. The van der Waals surface area contributed by atoms with Crippen molar-refractivity contribution in [1.82, 2.24) is 14.9 Å². The van der Waals surface area contributed by atoms with Crippen LogP contribution in [-0.4, -0.2) is 72.3 Å². The monoisotopic (exact) mass is 488 g/mol. The van der Waals surface area contributed by atoms with E-state index in [1.807, 2.05) is 23.9 Å². The molecule has 3 aromatic rings. The molecule has 2 aliphatic heterocycles. The molecule has 0 saturated carbocycles. The normalized spacial score (nSPS) is 19.2. The van der Waals surface area contributed by atoms with Gasteiger partial charge in [-0.05, 0) is 45.1 Å². The number of nitrogens with two attached hydrogens (primary N) is 1. The van der Waals surface area contributed by atoms with Gasteiger partial charge in [-0.1, -0.05) is 17.7 Å². The molecule has 2 fully saturated rings. The SMILES string of the molecule is CN(C)C1CN(c2nc(N3CCCC(N)C3)c3cc(Cl)c(-c4c(O)cccc4F)c(F)c3n2)C1. The quantitative estimate of drug-likeness (QED) is 0.580. The van der Waals surface area contributed by atoms with Gasteiger partial charge in [0.05, 0.1) is 10.6 Å². The molecule has 2 saturated heterocycles. The van der Waals surface area contributed by atoms with E-state index in [1.54, 1.807) is 6.07 Å². The first-order valence-corrected chi connectivity index (χ1v) is 11.7. The Kier molecular flexibility index (Phi) is 5.95. The van der Waals surface area contributed by atoms with Gasteiger partial charge in [0.25, 0.3) is 0 Å². The molecule has 5 rings (SSSR count). The van der Waals surface area contributed by atoms with Crippen LogP contribution in [0.4, 0.5) is 20.5 Å². The lowest BCUT2D eigenvalue weighted by Gasteiger charge is -2.43. The number of aromatic nitrogens is 2. The number of likely N-dealkylation sites (N-methyl/N-ethyl adjacent to an activating group) is 1. The Morgan fingerprint density at radius 3 is 2.56 bits per heavy atom. The number of hydrogen-bond acceptors (Lipinski definition) is 7. The second kappa shape index (κ2) is 8.79. The smallest absolute Gasteiger partial charge is 0.228 e. The summed E-state index contributed by atoms with van der Waals surface area (Å²) in [6, 6.07) is 5.70. The molecule has 0 amide bonds. The van der Waals surface area contributed by atoms with Gasteiger partial charge in [0, 0.05) is 49.2 Å². The maximum atomic E-state index is 16.0. The van der Waals surface area contributed by atoms with E-state index in [4.69, 9.17) is 22.3 Å². The zero-order chi connectivity index (χ0) is 24.1. The van der Waals surface area contributed by atoms with Crippen molar-refractivity contribution in [3.05, 3.63) is 40.9 Å². The van der Waals surface area contributed by atoms with Gasteiger partial charge in [-0.25, -0.2) is 13.8 Å². The van der Waals surface area contributed by atoms with Crippen molar-refractivity contribution in [3.63, 3.8) is 0 Å². The van der Waals surface area contributed by atoms with E-state index in [9.17, 15) is 9.50 Å². The molecule has 3 N–H and O–H groups in total. The van der Waals surface area contributed by atoms with Gasteiger partial charge < -0.3 is 25.5 Å². The van der Waals surface area contributed by atoms with Gasteiger partial charge in [0.2, 0.25) is 5.95 Å². The molecule has 180 valence electrons. The minimum Gasteiger partial charge on any atom is -0.507 e. The molecule has 1 aromatic heterocycles. The molecule has 3 heterocycles. The number of fused-ring (bicyclic) bond motifs is 1. The Balaban J connectivity index is 1.70. The lowest BCUT2D eigenvalue weighted by Crippen LogP contribution is -2.58. The molecule has 0 bridgehead atoms. The van der Waals surface area contributed by atoms with E-state index >= 15 is 4.39 Å². The highest BCUT2D eigenvalue weighted by Gasteiger charge is 2.33. The number of aromatic hydroxyl groups is 1. The zero-order valence-corrected chi connectivity index (χ0v) is 19.9. The molecule has 34 heavy (non-hydrogen) atoms. The Bertz CT molecular complexity index is 1230. The van der Waals surface area contributed by atoms with Crippen LogP contribution in [0.25, 0.3) is 22.0 Å². The third kappa shape index (κ3) is 3.91. The first-order chi connectivity index (χ1) is 16.2. The van der Waals surface area contributed by atoms with Crippen LogP contribution in [-0.2, 0) is 0 Å². The Labute approximate surface area is 201 Å². The average molecular weight is 489 g/mol. The lowest BCUT2D eigenvalue weighted by atomic mass is 10.00. The number of phenolic OH excluding ortho intramolecular Hbond substituents is 1. The number of piperidine rings is 1. The molecular formula is C24H27ClF2N6O. The molecule has 1 atom stereocenters. The summed E-state index contributed by atoms with van der Waals surface area (Å²) in [4.78, 5) is 15.5. The number of rotatable bonds is 4. The van der Waals surface area contributed by atoms with Crippen molar-refractivity contribution in [3.8, 4) is 16.9 Å². The molecule has 2 aromatic carbocycles. The number of nitrogens with zero attached hydrogens (tertiary/aromatic N) is 5. The van der Waals surface area contributed by atoms with Gasteiger partial charge in [-0.2, -0.15) is 4.98 Å². The highest BCUT2D eigenvalue weighted by Crippen LogP contribution is 2.43. The van der Waals surface area contributed by atoms with Gasteiger partial charge in [-0.15, -0.1) is 0 Å². The second-order valence-corrected chi connectivity index (χ2v) is 9.70. The highest BCUT2D eigenvalue weighted by atomic mass is 35.5. The largest absolute Gasteiger partial charge is 0.507 e. The fourth-order valence-electron chi connectivity index (χ4n) is 4.69. The van der Waals surface area contributed by atoms with Crippen LogP contribution >= 0.6 is 11.6 Å². The van der Waals surface area contributed by atoms with E-state index in [2.05, 4.69) is 9.88 Å². The van der Waals surface area contributed by atoms with Crippen LogP contribution in [0.2, 0.25) is 5.02 Å². The van der Waals surface area contributed by atoms with Crippen LogP contribution in [0.1, 0.15) is 12.8 Å². The maximum Gasteiger partial charge on any atom is 0.228 e. The lowest BCUT2D eigenvalue weighted by molar-refractivity contribution is 0.245. The predicted octanol–water partition coefficient (Wildman–Crippen LogP) is 3.61. The van der Waals surface area contributed by atoms with Crippen LogP contribution in [0.3, 0.4) is 0 Å². The van der Waals surface area contributed by atoms with E-state index in [-0.39, 0.29) is 27.7 Å². The summed E-state index contributed by atoms with van der Waals surface area (Å²) in [6.45, 7) is 2.75. The average Bonchev–Trinajstić information content (AvgIpc) is 2.74. The zero-order valence-electron chi connectivity index (χ0n) is 19.1. The van der Waals surface area contributed by atoms with Crippen molar-refractivity contribution in [1.29, 1.82) is 0 Å². The summed E-state index contributed by atoms with van der Waals surface area (Å²) in [6.07, 6.45) is 1.81. The molecule has 2 aliphatic rings. The summed E-state index contributed by atoms with van der Waals surface area (Å²) >= 11 is 6.49. The van der Waals surface area contributed by atoms with Crippen molar-refractivity contribution in [2.75, 3.05) is 50.1 Å². The minimum absolute atomic E-state index is 0.0145. The van der Waals surface area contributed by atoms with Gasteiger partial charge in [-0.3, -0.25) is 0 Å². The topological polar surface area (TPSA) is 81.8 Å². The molecule has 1 unspecified atom stereocenters. The Morgan fingerprint density at radius 2 is 1.88 bits per heavy atom. The van der Waals surface area contributed by atoms with E-state index in [0.717, 1.165) is 25.5 Å². The summed E-state index contributed by atoms with van der Waals surface area (Å²) in [5, 5.41) is 10.7. The third-order valence-corrected chi connectivity index (χ3v) is 7.02. The highest BCUT2D eigenvalue weighted by molar-refractivity contribution is 6.34. The Hall–Kier alpha value is -2.75. The third-order valence-electron chi connectivity index (χ3n) is 6.73. The van der Waals surface area contributed by atoms with E-state index in [0.29, 0.717) is 42.8 Å². The number of hydrogen-bond donors (Lipinski definition) is 2. The van der Waals surface area contributed by atoms with Crippen molar-refractivity contribution in [2.24, 2.45) is 5.73 Å². The summed E-state index contributed by atoms with van der Waals surface area (Å²) < 4.78 is 30.7. The number of benzene rings is 2. The summed E-state index contributed by atoms with van der Waals surface area (Å²) in [5.41, 5.74) is 5.75. The van der Waals surface area contributed by atoms with Gasteiger partial charge in [0.1, 0.15) is 22.9 Å². The van der Waals surface area contributed by atoms with Gasteiger partial charge in [0.15, 0.2) is 5.82 Å². The maximum absolute atomic E-state index is 16.0. The number of phenols is 1. The van der Waals surface area contributed by atoms with Crippen LogP contribution < -0.4 is 15.5 Å². The molecular weight excluding hydrogens is 462 g/mol. The van der Waals surface area contributed by atoms with E-state index in [1.165, 1.54) is 12.1 Å². The van der Waals surface area contributed by atoms with Crippen LogP contribution in [0.15, 0.2) is 24.3 Å². The fraction of sp³-hybridized carbons (Fsp3) is 0.417. The van der Waals surface area contributed by atoms with Crippen LogP contribution in [0.5, 0.6) is 5.75 Å². The molecule has 7 nitrogen and oxygen atoms in total. The molecule has 0 aliphatic carbocycles.